The molecule has 0 aromatic heterocycles. The number of carbonyl (C=O) groups excluding carboxylic acids is 2. The molecule has 4 aromatic carbocycles. The molecular weight excluding hydrogens is 716 g/mol. The summed E-state index contributed by atoms with van der Waals surface area (Å²) in [4.78, 5) is 81.2. The molecule has 6 rings (SSSR count). The molecule has 0 unspecified atom stereocenters. The molecule has 56 heavy (non-hydrogen) atoms. The number of phenolic OH excluding ortho intramolecular Hbond substituents is 4. The molecule has 2 aliphatic rings. The number of aromatic hydroxyl groups is 4. The van der Waals surface area contributed by atoms with E-state index in [0.29, 0.717) is 18.9 Å². The van der Waals surface area contributed by atoms with E-state index in [0.717, 1.165) is 41.2 Å². The number of nitrogens with one attached hydrogen (secondary N) is 2. The summed E-state index contributed by atoms with van der Waals surface area (Å²) in [7, 11) is 0. The Bertz CT molecular complexity index is 2730. The molecule has 6 N–H and O–H groups in total. The Hall–Kier alpha value is -6.82. The molecule has 286 valence electrons. The zero-order chi connectivity index (χ0) is 40.6. The fraction of sp³-hybridized carbons (Fsp3) is 0.227. The van der Waals surface area contributed by atoms with Gasteiger partial charge in [0.1, 0.15) is 17.1 Å². The Morgan fingerprint density at radius 1 is 0.554 bits per heavy atom. The Morgan fingerprint density at radius 3 is 1.57 bits per heavy atom. The molecule has 0 aliphatic heterocycles. The lowest BCUT2D eigenvalue weighted by molar-refractivity contribution is 0.0944. The summed E-state index contributed by atoms with van der Waals surface area (Å²) >= 11 is 0. The minimum Gasteiger partial charge on any atom is -0.507 e. The van der Waals surface area contributed by atoms with Crippen LogP contribution in [0.25, 0.3) is 33.0 Å². The summed E-state index contributed by atoms with van der Waals surface area (Å²) in [6.45, 7) is 6.77. The zero-order valence-electron chi connectivity index (χ0n) is 31.3. The molecular formula is C44H40N2O10. The summed E-state index contributed by atoms with van der Waals surface area (Å²) in [5.74, 6) is -4.96. The van der Waals surface area contributed by atoms with Crippen LogP contribution in [0.1, 0.15) is 67.9 Å². The summed E-state index contributed by atoms with van der Waals surface area (Å²) in [5, 5.41) is 49.4. The highest BCUT2D eigenvalue weighted by Gasteiger charge is 2.33. The van der Waals surface area contributed by atoms with Gasteiger partial charge in [0.2, 0.25) is 10.9 Å². The molecule has 0 radical (unpaired) electrons. The highest BCUT2D eigenvalue weighted by atomic mass is 16.3. The van der Waals surface area contributed by atoms with Crippen LogP contribution in [0.3, 0.4) is 0 Å². The van der Waals surface area contributed by atoms with Gasteiger partial charge in [-0.15, -0.1) is 0 Å². The Morgan fingerprint density at radius 2 is 1.05 bits per heavy atom. The molecule has 0 atom stereocenters. The molecule has 2 amide bonds. The first-order valence-electron chi connectivity index (χ1n) is 18.2. The molecule has 0 saturated heterocycles. The van der Waals surface area contributed by atoms with E-state index in [1.165, 1.54) is 13.8 Å². The first-order valence-corrected chi connectivity index (χ1v) is 18.2. The Balaban J connectivity index is 1.42. The van der Waals surface area contributed by atoms with Gasteiger partial charge in [-0.2, -0.15) is 0 Å². The highest BCUT2D eigenvalue weighted by Crippen LogP contribution is 2.49. The average Bonchev–Trinajstić information content (AvgIpc) is 3.19. The number of benzene rings is 6. The third-order valence-electron chi connectivity index (χ3n) is 10.4. The summed E-state index contributed by atoms with van der Waals surface area (Å²) in [6, 6.07) is 17.1. The third kappa shape index (κ3) is 6.85. The van der Waals surface area contributed by atoms with Crippen LogP contribution >= 0.6 is 0 Å². The van der Waals surface area contributed by atoms with Crippen LogP contribution in [0.5, 0.6) is 23.0 Å². The van der Waals surface area contributed by atoms with Crippen molar-refractivity contribution in [3.8, 4) is 45.3 Å². The lowest BCUT2D eigenvalue weighted by atomic mass is 9.84. The van der Waals surface area contributed by atoms with Crippen LogP contribution < -0.4 is 32.3 Å². The van der Waals surface area contributed by atoms with E-state index in [-0.39, 0.29) is 40.6 Å². The van der Waals surface area contributed by atoms with Gasteiger partial charge < -0.3 is 31.1 Å². The van der Waals surface area contributed by atoms with Crippen LogP contribution in [0, 0.1) is 13.8 Å². The predicted molar refractivity (Wildman–Crippen MR) is 213 cm³/mol. The van der Waals surface area contributed by atoms with Gasteiger partial charge in [-0.05, 0) is 67.9 Å². The maximum absolute atomic E-state index is 14.3. The van der Waals surface area contributed by atoms with Crippen LogP contribution in [-0.4, -0.2) is 45.3 Å². The number of fused-ring (bicyclic) bond motifs is 2. The van der Waals surface area contributed by atoms with E-state index in [1.807, 2.05) is 62.4 Å². The molecule has 0 bridgehead atoms. The largest absolute Gasteiger partial charge is 0.507 e. The lowest BCUT2D eigenvalue weighted by Gasteiger charge is -2.20. The van der Waals surface area contributed by atoms with Crippen molar-refractivity contribution in [3.63, 3.8) is 0 Å². The Labute approximate surface area is 320 Å². The number of amides is 2. The van der Waals surface area contributed by atoms with Crippen molar-refractivity contribution >= 4 is 22.6 Å². The highest BCUT2D eigenvalue weighted by molar-refractivity contribution is 6.16. The number of aryl methyl sites for hydroxylation is 2. The van der Waals surface area contributed by atoms with Crippen LogP contribution in [0.15, 0.2) is 79.8 Å². The molecule has 2 aliphatic carbocycles. The smallest absolute Gasteiger partial charge is 0.256 e. The standard InChI is InChI=1S/C44H40N2O10/c1-5-23-7-11-25(12-8-23)15-17-45-43(55)35-33-27(19-29(47)41(35)53)39(51)31(21(3)37(33)49)32-22(4)38(50)34-28(40(32)52)20-30(48)42(54)36(34)44(56)46-18-16-26-13-9-24(6-2)10-14-26/h7-14,19-20,47,49,51,53H,5-6,15-18H2,1-4H3,(H,45,55)(H,46,56). The summed E-state index contributed by atoms with van der Waals surface area (Å²) < 4.78 is 0. The monoisotopic (exact) mass is 756 g/mol. The first-order chi connectivity index (χ1) is 26.7. The number of rotatable bonds is 11. The van der Waals surface area contributed by atoms with Crippen molar-refractivity contribution in [2.24, 2.45) is 0 Å². The van der Waals surface area contributed by atoms with E-state index >= 15 is 0 Å². The first kappa shape index (κ1) is 38.9. The molecule has 12 heteroatoms. The number of hydrogen-bond donors (Lipinski definition) is 6. The lowest BCUT2D eigenvalue weighted by Crippen LogP contribution is -2.40. The van der Waals surface area contributed by atoms with Gasteiger partial charge in [0.25, 0.3) is 11.8 Å². The SMILES string of the molecule is CCc1ccc(CCNC(=O)c2c3c(=O)c(C)c(-c4c(C)c(O)c5c(C(=O)NCCc6ccc(CC)cc6)c(O)c(O)cc5c4O)c(=O)c-3cc(=O)c2=O)cc1. The van der Waals surface area contributed by atoms with Gasteiger partial charge in [-0.1, -0.05) is 62.4 Å². The van der Waals surface area contributed by atoms with Crippen molar-refractivity contribution in [1.29, 1.82) is 0 Å². The van der Waals surface area contributed by atoms with Crippen molar-refractivity contribution in [2.45, 2.75) is 53.4 Å². The third-order valence-corrected chi connectivity index (χ3v) is 10.4. The van der Waals surface area contributed by atoms with Gasteiger partial charge in [0.15, 0.2) is 22.4 Å². The second-order valence-corrected chi connectivity index (χ2v) is 13.8. The van der Waals surface area contributed by atoms with Gasteiger partial charge in [0, 0.05) is 57.7 Å². The Kier molecular flexibility index (Phi) is 10.8. The van der Waals surface area contributed by atoms with Crippen molar-refractivity contribution in [1.82, 2.24) is 10.6 Å². The van der Waals surface area contributed by atoms with E-state index in [1.54, 1.807) is 0 Å². The number of carbonyl (C=O) groups is 2. The van der Waals surface area contributed by atoms with Gasteiger partial charge >= 0.3 is 0 Å². The van der Waals surface area contributed by atoms with Crippen LogP contribution in [0.4, 0.5) is 0 Å². The summed E-state index contributed by atoms with van der Waals surface area (Å²) in [5.41, 5.74) is -4.01. The van der Waals surface area contributed by atoms with Crippen molar-refractivity contribution in [3.05, 3.63) is 146 Å². The summed E-state index contributed by atoms with van der Waals surface area (Å²) in [6.07, 6.45) is 2.53. The van der Waals surface area contributed by atoms with Crippen LogP contribution in [0.2, 0.25) is 0 Å². The second kappa shape index (κ2) is 15.5. The topological polar surface area (TPSA) is 207 Å². The fourth-order valence-corrected chi connectivity index (χ4v) is 7.12. The normalized spacial score (nSPS) is 11.3. The maximum Gasteiger partial charge on any atom is 0.256 e. The number of phenols is 4. The van der Waals surface area contributed by atoms with E-state index in [2.05, 4.69) is 10.6 Å². The molecule has 0 saturated carbocycles. The van der Waals surface area contributed by atoms with Crippen LogP contribution in [-0.2, 0) is 25.7 Å². The predicted octanol–water partition coefficient (Wildman–Crippen LogP) is 4.44. The van der Waals surface area contributed by atoms with Crippen molar-refractivity contribution < 1.29 is 30.0 Å². The van der Waals surface area contributed by atoms with E-state index in [4.69, 9.17) is 0 Å². The molecule has 12 nitrogen and oxygen atoms in total. The number of hydrogen-bond acceptors (Lipinski definition) is 10. The average molecular weight is 757 g/mol. The van der Waals surface area contributed by atoms with Gasteiger partial charge in [-0.3, -0.25) is 28.8 Å². The molecule has 4 aromatic rings. The zero-order valence-corrected chi connectivity index (χ0v) is 31.3. The van der Waals surface area contributed by atoms with Crippen molar-refractivity contribution in [2.75, 3.05) is 13.1 Å². The molecule has 0 fully saturated rings. The van der Waals surface area contributed by atoms with Gasteiger partial charge in [0.05, 0.1) is 11.1 Å². The fourth-order valence-electron chi connectivity index (χ4n) is 7.12. The minimum absolute atomic E-state index is 0.0580. The van der Waals surface area contributed by atoms with E-state index < -0.39 is 84.3 Å². The quantitative estimate of drug-likeness (QED) is 0.0623. The maximum atomic E-state index is 14.3. The molecule has 0 spiro atoms. The molecule has 0 heterocycles. The van der Waals surface area contributed by atoms with Gasteiger partial charge in [-0.25, -0.2) is 0 Å². The minimum atomic E-state index is -1.26. The second-order valence-electron chi connectivity index (χ2n) is 13.8. The van der Waals surface area contributed by atoms with E-state index in [9.17, 15) is 49.2 Å².